The fraction of sp³-hybridized carbons (Fsp3) is 0.565. The van der Waals surface area contributed by atoms with Crippen LogP contribution in [-0.2, 0) is 16.0 Å². The number of ether oxygens (including phenoxy) is 2. The zero-order chi connectivity index (χ0) is 20.9. The summed E-state index contributed by atoms with van der Waals surface area (Å²) in [5.41, 5.74) is 0.899. The first-order valence-corrected chi connectivity index (χ1v) is 10.4. The smallest absolute Gasteiger partial charge is 0.229 e. The van der Waals surface area contributed by atoms with Gasteiger partial charge in [-0.25, -0.2) is 0 Å². The van der Waals surface area contributed by atoms with Crippen LogP contribution in [0.5, 0.6) is 11.5 Å². The van der Waals surface area contributed by atoms with Crippen LogP contribution < -0.4 is 9.47 Å². The summed E-state index contributed by atoms with van der Waals surface area (Å²) in [4.78, 5) is 26.4. The van der Waals surface area contributed by atoms with Crippen molar-refractivity contribution >= 4 is 11.8 Å². The van der Waals surface area contributed by atoms with Crippen LogP contribution in [-0.4, -0.2) is 48.2 Å². The van der Waals surface area contributed by atoms with E-state index in [0.29, 0.717) is 24.3 Å². The Balaban J connectivity index is 1.55. The number of hydrogen-bond acceptors (Lipinski definition) is 5. The Kier molecular flexibility index (Phi) is 6.96. The fourth-order valence-electron chi connectivity index (χ4n) is 4.47. The normalized spacial score (nSPS) is 19.9. The van der Waals surface area contributed by atoms with Crippen LogP contribution >= 0.6 is 0 Å². The molecule has 2 aliphatic rings. The van der Waals surface area contributed by atoms with Gasteiger partial charge in [-0.05, 0) is 42.4 Å². The number of aliphatic hydroxyl groups is 1. The Morgan fingerprint density at radius 3 is 2.48 bits per heavy atom. The zero-order valence-electron chi connectivity index (χ0n) is 17.2. The van der Waals surface area contributed by atoms with E-state index in [0.717, 1.165) is 37.7 Å². The highest BCUT2D eigenvalue weighted by molar-refractivity contribution is 5.98. The lowest BCUT2D eigenvalue weighted by Gasteiger charge is -2.42. The number of carbonyl (C=O) groups excluding carboxylic acids is 2. The number of aliphatic hydroxyl groups excluding tert-OH is 1. The minimum atomic E-state index is -0.958. The van der Waals surface area contributed by atoms with Gasteiger partial charge in [-0.2, -0.15) is 0 Å². The number of methoxy groups -OCH3 is 1. The first-order valence-electron chi connectivity index (χ1n) is 10.4. The van der Waals surface area contributed by atoms with Crippen molar-refractivity contribution in [2.45, 2.75) is 57.5 Å². The van der Waals surface area contributed by atoms with Crippen molar-refractivity contribution in [1.29, 1.82) is 0 Å². The Morgan fingerprint density at radius 1 is 1.17 bits per heavy atom. The van der Waals surface area contributed by atoms with Crippen molar-refractivity contribution in [3.63, 3.8) is 0 Å². The Labute approximate surface area is 172 Å². The van der Waals surface area contributed by atoms with Gasteiger partial charge in [0.25, 0.3) is 0 Å². The maximum Gasteiger partial charge on any atom is 0.229 e. The van der Waals surface area contributed by atoms with E-state index < -0.39 is 6.10 Å². The number of piperidine rings is 1. The first-order chi connectivity index (χ1) is 14.0. The molecule has 6 heteroatoms. The number of imide groups is 1. The molecule has 6 nitrogen and oxygen atoms in total. The van der Waals surface area contributed by atoms with E-state index in [1.54, 1.807) is 13.2 Å². The van der Waals surface area contributed by atoms with Gasteiger partial charge in [-0.15, -0.1) is 6.58 Å². The predicted octanol–water partition coefficient (Wildman–Crippen LogP) is 3.26. The summed E-state index contributed by atoms with van der Waals surface area (Å²) in [6.45, 7) is 3.66. The number of hydrogen-bond donors (Lipinski definition) is 1. The van der Waals surface area contributed by atoms with Gasteiger partial charge in [-0.1, -0.05) is 31.4 Å². The van der Waals surface area contributed by atoms with Crippen molar-refractivity contribution in [3.8, 4) is 11.5 Å². The average Bonchev–Trinajstić information content (AvgIpc) is 2.70. The second-order valence-corrected chi connectivity index (χ2v) is 8.26. The van der Waals surface area contributed by atoms with Gasteiger partial charge in [0.1, 0.15) is 12.7 Å². The van der Waals surface area contributed by atoms with Crippen LogP contribution in [0.3, 0.4) is 0 Å². The number of β-amino-alcohol motifs (C(OH)–C–C–N with tert-alkyl or cyclic N) is 1. The van der Waals surface area contributed by atoms with E-state index in [1.165, 1.54) is 11.3 Å². The zero-order valence-corrected chi connectivity index (χ0v) is 17.2. The monoisotopic (exact) mass is 401 g/mol. The first kappa shape index (κ1) is 21.4. The molecule has 2 fully saturated rings. The van der Waals surface area contributed by atoms with E-state index in [2.05, 4.69) is 6.58 Å². The molecule has 1 aromatic carbocycles. The number of benzene rings is 1. The number of carbonyl (C=O) groups is 2. The molecule has 1 spiro atoms. The SMILES string of the molecule is C=CCc1ccc(OCC(O)CN2C(=O)CC3(CCCCC3)CC2=O)c(OC)c1. The van der Waals surface area contributed by atoms with Crippen LogP contribution in [0, 0.1) is 5.41 Å². The van der Waals surface area contributed by atoms with E-state index in [-0.39, 0.29) is 30.4 Å². The molecule has 1 aliphatic heterocycles. The topological polar surface area (TPSA) is 76.1 Å². The van der Waals surface area contributed by atoms with Crippen LogP contribution in [0.2, 0.25) is 0 Å². The summed E-state index contributed by atoms with van der Waals surface area (Å²) in [6, 6.07) is 5.56. The number of allylic oxidation sites excluding steroid dienone is 1. The van der Waals surface area contributed by atoms with Crippen molar-refractivity contribution in [2.24, 2.45) is 5.41 Å². The summed E-state index contributed by atoms with van der Waals surface area (Å²) in [7, 11) is 1.56. The molecule has 0 bridgehead atoms. The highest BCUT2D eigenvalue weighted by atomic mass is 16.5. The molecule has 1 unspecified atom stereocenters. The lowest BCUT2D eigenvalue weighted by molar-refractivity contribution is -0.156. The van der Waals surface area contributed by atoms with Gasteiger partial charge >= 0.3 is 0 Å². The molecule has 0 aromatic heterocycles. The largest absolute Gasteiger partial charge is 0.493 e. The molecule has 1 saturated heterocycles. The van der Waals surface area contributed by atoms with Crippen molar-refractivity contribution in [2.75, 3.05) is 20.3 Å². The molecule has 1 heterocycles. The maximum absolute atomic E-state index is 12.6. The third kappa shape index (κ3) is 5.18. The number of amides is 2. The van der Waals surface area contributed by atoms with Gasteiger partial charge in [-0.3, -0.25) is 14.5 Å². The van der Waals surface area contributed by atoms with E-state index in [9.17, 15) is 14.7 Å². The molecule has 2 amide bonds. The van der Waals surface area contributed by atoms with Crippen LogP contribution in [0.4, 0.5) is 0 Å². The predicted molar refractivity (Wildman–Crippen MR) is 110 cm³/mol. The van der Waals surface area contributed by atoms with Crippen molar-refractivity contribution in [1.82, 2.24) is 4.90 Å². The number of rotatable bonds is 8. The molecule has 158 valence electrons. The second kappa shape index (κ2) is 9.44. The minimum Gasteiger partial charge on any atom is -0.493 e. The van der Waals surface area contributed by atoms with Gasteiger partial charge in [0.2, 0.25) is 11.8 Å². The summed E-state index contributed by atoms with van der Waals surface area (Å²) < 4.78 is 11.0. The summed E-state index contributed by atoms with van der Waals surface area (Å²) >= 11 is 0. The summed E-state index contributed by atoms with van der Waals surface area (Å²) in [6.07, 6.45) is 7.65. The van der Waals surface area contributed by atoms with Crippen molar-refractivity contribution < 1.29 is 24.2 Å². The standard InChI is InChI=1S/C23H31NO5/c1-3-7-17-8-9-19(20(12-17)28-2)29-16-18(25)15-24-21(26)13-23(14-22(24)27)10-5-4-6-11-23/h3,8-9,12,18,25H,1,4-7,10-11,13-16H2,2H3. The van der Waals surface area contributed by atoms with Crippen LogP contribution in [0.15, 0.2) is 30.9 Å². The average molecular weight is 402 g/mol. The van der Waals surface area contributed by atoms with Gasteiger partial charge in [0, 0.05) is 12.8 Å². The summed E-state index contributed by atoms with van der Waals surface area (Å²) in [5, 5.41) is 10.4. The third-order valence-electron chi connectivity index (χ3n) is 6.00. The Hall–Kier alpha value is -2.34. The lowest BCUT2D eigenvalue weighted by atomic mass is 9.67. The van der Waals surface area contributed by atoms with Crippen LogP contribution in [0.1, 0.15) is 50.5 Å². The van der Waals surface area contributed by atoms with Gasteiger partial charge < -0.3 is 14.6 Å². The van der Waals surface area contributed by atoms with Gasteiger partial charge in [0.15, 0.2) is 11.5 Å². The molecule has 1 atom stereocenters. The minimum absolute atomic E-state index is 0.0284. The molecule has 1 saturated carbocycles. The number of nitrogens with zero attached hydrogens (tertiary/aromatic N) is 1. The van der Waals surface area contributed by atoms with Crippen LogP contribution in [0.25, 0.3) is 0 Å². The molecule has 1 N–H and O–H groups in total. The number of likely N-dealkylation sites (tertiary alicyclic amines) is 1. The molecule has 1 aromatic rings. The molecule has 1 aliphatic carbocycles. The quantitative estimate of drug-likeness (QED) is 0.534. The maximum atomic E-state index is 12.6. The van der Waals surface area contributed by atoms with E-state index in [4.69, 9.17) is 9.47 Å². The van der Waals surface area contributed by atoms with Gasteiger partial charge in [0.05, 0.1) is 13.7 Å². The lowest BCUT2D eigenvalue weighted by Crippen LogP contribution is -2.51. The highest BCUT2D eigenvalue weighted by Gasteiger charge is 2.44. The third-order valence-corrected chi connectivity index (χ3v) is 6.00. The molecule has 3 rings (SSSR count). The van der Waals surface area contributed by atoms with E-state index in [1.807, 2.05) is 18.2 Å². The Bertz CT molecular complexity index is 734. The second-order valence-electron chi connectivity index (χ2n) is 8.26. The highest BCUT2D eigenvalue weighted by Crippen LogP contribution is 2.45. The fourth-order valence-corrected chi connectivity index (χ4v) is 4.47. The molecular weight excluding hydrogens is 370 g/mol. The molecular formula is C23H31NO5. The molecule has 29 heavy (non-hydrogen) atoms. The Morgan fingerprint density at radius 2 is 1.86 bits per heavy atom. The molecule has 0 radical (unpaired) electrons. The van der Waals surface area contributed by atoms with Crippen molar-refractivity contribution in [3.05, 3.63) is 36.4 Å². The van der Waals surface area contributed by atoms with E-state index >= 15 is 0 Å². The summed E-state index contributed by atoms with van der Waals surface area (Å²) in [5.74, 6) is 0.736.